The van der Waals surface area contributed by atoms with Gasteiger partial charge in [0, 0.05) is 13.1 Å². The quantitative estimate of drug-likeness (QED) is 0.796. The molecule has 2 aromatic rings. The highest BCUT2D eigenvalue weighted by Gasteiger charge is 2.25. The maximum absolute atomic E-state index is 6.15. The smallest absolute Gasteiger partial charge is 0.158 e. The molecule has 2 heterocycles. The van der Waals surface area contributed by atoms with Crippen molar-refractivity contribution < 1.29 is 0 Å². The van der Waals surface area contributed by atoms with Crippen LogP contribution in [0.15, 0.2) is 0 Å². The number of aryl methyl sites for hydroxylation is 2. The number of nitrogens with zero attached hydrogens (tertiary/aromatic N) is 4. The van der Waals surface area contributed by atoms with Crippen molar-refractivity contribution in [2.24, 2.45) is 11.8 Å². The predicted molar refractivity (Wildman–Crippen MR) is 86.6 cm³/mol. The Bertz CT molecular complexity index is 628. The zero-order valence-electron chi connectivity index (χ0n) is 13.3. The van der Waals surface area contributed by atoms with Crippen molar-refractivity contribution in [1.29, 1.82) is 0 Å². The fourth-order valence-corrected chi connectivity index (χ4v) is 3.89. The van der Waals surface area contributed by atoms with Gasteiger partial charge in [0.2, 0.25) is 0 Å². The highest BCUT2D eigenvalue weighted by Crippen LogP contribution is 2.32. The van der Waals surface area contributed by atoms with E-state index in [1.54, 1.807) is 0 Å². The van der Waals surface area contributed by atoms with E-state index in [0.717, 1.165) is 47.6 Å². The van der Waals surface area contributed by atoms with Crippen LogP contribution in [0.2, 0.25) is 0 Å². The summed E-state index contributed by atoms with van der Waals surface area (Å²) in [5.74, 6) is 2.99. The monoisotopic (exact) mass is 308 g/mol. The van der Waals surface area contributed by atoms with Gasteiger partial charge in [-0.15, -0.1) is 11.6 Å². The lowest BCUT2D eigenvalue weighted by Crippen LogP contribution is -2.23. The van der Waals surface area contributed by atoms with E-state index in [2.05, 4.69) is 28.2 Å². The molecule has 0 saturated heterocycles. The molecular formula is C16H25ClN4. The minimum absolute atomic E-state index is 0.471. The van der Waals surface area contributed by atoms with Crippen molar-refractivity contribution in [3.63, 3.8) is 0 Å². The molecule has 0 aliphatic heterocycles. The lowest BCUT2D eigenvalue weighted by atomic mass is 9.80. The van der Waals surface area contributed by atoms with Crippen molar-refractivity contribution in [2.45, 2.75) is 65.4 Å². The average molecular weight is 309 g/mol. The molecule has 0 bridgehead atoms. The maximum atomic E-state index is 6.15. The van der Waals surface area contributed by atoms with Crippen LogP contribution in [-0.4, -0.2) is 19.3 Å². The molecule has 0 amide bonds. The summed E-state index contributed by atoms with van der Waals surface area (Å²) in [4.78, 5) is 4.74. The lowest BCUT2D eigenvalue weighted by Gasteiger charge is -2.29. The normalized spacial score (nSPS) is 23.0. The van der Waals surface area contributed by atoms with Crippen LogP contribution in [0.25, 0.3) is 11.2 Å². The zero-order valence-corrected chi connectivity index (χ0v) is 14.0. The van der Waals surface area contributed by atoms with E-state index in [1.807, 2.05) is 6.92 Å². The molecule has 2 atom stereocenters. The largest absolute Gasteiger partial charge is 0.312 e. The Morgan fingerprint density at radius 2 is 2.05 bits per heavy atom. The molecule has 1 fully saturated rings. The van der Waals surface area contributed by atoms with Gasteiger partial charge in [-0.05, 0) is 32.1 Å². The average Bonchev–Trinajstić information content (AvgIpc) is 3.00. The SMILES string of the molecule is CCn1nc(C)c2nc(CCl)n(CC3CCCCC3C)c21. The third-order valence-corrected chi connectivity index (χ3v) is 5.24. The second kappa shape index (κ2) is 5.99. The van der Waals surface area contributed by atoms with Crippen LogP contribution in [0.5, 0.6) is 0 Å². The Hall–Kier alpha value is -1.03. The number of rotatable bonds is 4. The summed E-state index contributed by atoms with van der Waals surface area (Å²) in [7, 11) is 0. The second-order valence-corrected chi connectivity index (χ2v) is 6.63. The molecule has 0 spiro atoms. The molecule has 0 N–H and O–H groups in total. The summed E-state index contributed by atoms with van der Waals surface area (Å²) in [5.41, 5.74) is 3.19. The molecule has 1 aliphatic rings. The number of hydrogen-bond donors (Lipinski definition) is 0. The Balaban J connectivity index is 2.02. The molecule has 1 saturated carbocycles. The van der Waals surface area contributed by atoms with E-state index in [1.165, 1.54) is 25.7 Å². The van der Waals surface area contributed by atoms with Crippen LogP contribution >= 0.6 is 11.6 Å². The van der Waals surface area contributed by atoms with E-state index in [4.69, 9.17) is 16.6 Å². The lowest BCUT2D eigenvalue weighted by molar-refractivity contribution is 0.228. The summed E-state index contributed by atoms with van der Waals surface area (Å²) in [6.07, 6.45) is 5.41. The topological polar surface area (TPSA) is 35.6 Å². The Labute approximate surface area is 131 Å². The Morgan fingerprint density at radius 3 is 2.71 bits per heavy atom. The van der Waals surface area contributed by atoms with E-state index >= 15 is 0 Å². The molecule has 0 aromatic carbocycles. The first-order valence-electron chi connectivity index (χ1n) is 8.14. The van der Waals surface area contributed by atoms with Gasteiger partial charge in [-0.1, -0.05) is 26.2 Å². The van der Waals surface area contributed by atoms with Crippen LogP contribution in [0.4, 0.5) is 0 Å². The fourth-order valence-electron chi connectivity index (χ4n) is 3.68. The molecule has 21 heavy (non-hydrogen) atoms. The highest BCUT2D eigenvalue weighted by atomic mass is 35.5. The van der Waals surface area contributed by atoms with Gasteiger partial charge in [-0.25, -0.2) is 9.67 Å². The number of fused-ring (bicyclic) bond motifs is 1. The van der Waals surface area contributed by atoms with Gasteiger partial charge in [-0.2, -0.15) is 5.10 Å². The van der Waals surface area contributed by atoms with Crippen molar-refractivity contribution in [3.8, 4) is 0 Å². The molecule has 1 aliphatic carbocycles. The molecule has 5 heteroatoms. The van der Waals surface area contributed by atoms with Crippen molar-refractivity contribution >= 4 is 22.8 Å². The number of halogens is 1. The van der Waals surface area contributed by atoms with E-state index < -0.39 is 0 Å². The molecule has 2 unspecified atom stereocenters. The first kappa shape index (κ1) is 14.9. The number of imidazole rings is 1. The molecule has 2 aromatic heterocycles. The summed E-state index contributed by atoms with van der Waals surface area (Å²) in [6, 6.07) is 0. The Morgan fingerprint density at radius 1 is 1.29 bits per heavy atom. The number of hydrogen-bond acceptors (Lipinski definition) is 2. The maximum Gasteiger partial charge on any atom is 0.158 e. The first-order chi connectivity index (χ1) is 10.2. The van der Waals surface area contributed by atoms with E-state index in [0.29, 0.717) is 5.88 Å². The van der Waals surface area contributed by atoms with Gasteiger partial charge in [0.05, 0.1) is 11.6 Å². The van der Waals surface area contributed by atoms with E-state index in [-0.39, 0.29) is 0 Å². The summed E-state index contributed by atoms with van der Waals surface area (Å²) < 4.78 is 4.40. The predicted octanol–water partition coefficient (Wildman–Crippen LogP) is 4.13. The molecular weight excluding hydrogens is 284 g/mol. The second-order valence-electron chi connectivity index (χ2n) is 6.37. The summed E-state index contributed by atoms with van der Waals surface area (Å²) in [5, 5.41) is 4.61. The van der Waals surface area contributed by atoms with Gasteiger partial charge in [-0.3, -0.25) is 0 Å². The number of alkyl halides is 1. The van der Waals surface area contributed by atoms with E-state index in [9.17, 15) is 0 Å². The van der Waals surface area contributed by atoms with Gasteiger partial charge in [0.25, 0.3) is 0 Å². The van der Waals surface area contributed by atoms with Crippen LogP contribution in [0.1, 0.15) is 51.0 Å². The van der Waals surface area contributed by atoms with Crippen LogP contribution in [0, 0.1) is 18.8 Å². The summed E-state index contributed by atoms with van der Waals surface area (Å²) >= 11 is 6.15. The third-order valence-electron chi connectivity index (χ3n) is 5.00. The Kier molecular flexibility index (Phi) is 4.25. The van der Waals surface area contributed by atoms with Gasteiger partial charge in [0.1, 0.15) is 11.3 Å². The summed E-state index contributed by atoms with van der Waals surface area (Å²) in [6.45, 7) is 8.46. The zero-order chi connectivity index (χ0) is 15.0. The van der Waals surface area contributed by atoms with Gasteiger partial charge in [0.15, 0.2) is 5.65 Å². The minimum atomic E-state index is 0.471. The molecule has 0 radical (unpaired) electrons. The number of aromatic nitrogens is 4. The van der Waals surface area contributed by atoms with Crippen molar-refractivity contribution in [3.05, 3.63) is 11.5 Å². The highest BCUT2D eigenvalue weighted by molar-refractivity contribution is 6.16. The molecule has 3 rings (SSSR count). The van der Waals surface area contributed by atoms with Crippen LogP contribution in [0.3, 0.4) is 0 Å². The van der Waals surface area contributed by atoms with Crippen molar-refractivity contribution in [2.75, 3.05) is 0 Å². The first-order valence-corrected chi connectivity index (χ1v) is 8.67. The van der Waals surface area contributed by atoms with Crippen LogP contribution < -0.4 is 0 Å². The molecule has 4 nitrogen and oxygen atoms in total. The van der Waals surface area contributed by atoms with Gasteiger partial charge < -0.3 is 4.57 Å². The van der Waals surface area contributed by atoms with Crippen LogP contribution in [-0.2, 0) is 19.0 Å². The van der Waals surface area contributed by atoms with Crippen molar-refractivity contribution in [1.82, 2.24) is 19.3 Å². The minimum Gasteiger partial charge on any atom is -0.312 e. The standard InChI is InChI=1S/C16H25ClN4/c1-4-21-16-15(12(3)19-21)18-14(9-17)20(16)10-13-8-6-5-7-11(13)2/h11,13H,4-10H2,1-3H3. The van der Waals surface area contributed by atoms with Gasteiger partial charge >= 0.3 is 0 Å². The third kappa shape index (κ3) is 2.59. The molecule has 116 valence electrons. The fraction of sp³-hybridized carbons (Fsp3) is 0.750.